The van der Waals surface area contributed by atoms with Crippen LogP contribution in [-0.2, 0) is 14.3 Å². The number of hydrogen-bond donors (Lipinski definition) is 3. The first kappa shape index (κ1) is 12.4. The molecular formula is C9H17NO5. The smallest absolute Gasteiger partial charge is 0.217 e. The third-order valence-corrected chi connectivity index (χ3v) is 2.44. The lowest BCUT2D eigenvalue weighted by Crippen LogP contribution is -2.63. The first-order chi connectivity index (χ1) is 6.97. The summed E-state index contributed by atoms with van der Waals surface area (Å²) >= 11 is 0. The second kappa shape index (κ2) is 4.89. The molecule has 5 atom stereocenters. The van der Waals surface area contributed by atoms with Gasteiger partial charge in [0.25, 0.3) is 0 Å². The van der Waals surface area contributed by atoms with Crippen molar-refractivity contribution < 1.29 is 24.5 Å². The van der Waals surface area contributed by atoms with Gasteiger partial charge >= 0.3 is 0 Å². The van der Waals surface area contributed by atoms with Crippen LogP contribution in [0.15, 0.2) is 0 Å². The average Bonchev–Trinajstić information content (AvgIpc) is 2.18. The normalized spacial score (nSPS) is 41.3. The zero-order valence-electron chi connectivity index (χ0n) is 9.01. The van der Waals surface area contributed by atoms with Gasteiger partial charge in [-0.05, 0) is 6.92 Å². The number of ether oxygens (including phenoxy) is 2. The molecule has 6 nitrogen and oxygen atoms in total. The Morgan fingerprint density at radius 2 is 2.00 bits per heavy atom. The van der Waals surface area contributed by atoms with Crippen molar-refractivity contribution in [3.05, 3.63) is 0 Å². The Kier molecular flexibility index (Phi) is 4.04. The number of aliphatic hydroxyl groups is 2. The Morgan fingerprint density at radius 1 is 1.40 bits per heavy atom. The Balaban J connectivity index is 2.75. The summed E-state index contributed by atoms with van der Waals surface area (Å²) in [5.41, 5.74) is 0. The van der Waals surface area contributed by atoms with Gasteiger partial charge in [0, 0.05) is 14.0 Å². The van der Waals surface area contributed by atoms with Gasteiger partial charge in [0.2, 0.25) is 5.91 Å². The van der Waals surface area contributed by atoms with Crippen LogP contribution < -0.4 is 5.32 Å². The van der Waals surface area contributed by atoms with E-state index in [0.29, 0.717) is 0 Å². The van der Waals surface area contributed by atoms with Gasteiger partial charge in [0.1, 0.15) is 18.2 Å². The van der Waals surface area contributed by atoms with E-state index in [1.165, 1.54) is 14.0 Å². The van der Waals surface area contributed by atoms with Crippen LogP contribution >= 0.6 is 0 Å². The third-order valence-electron chi connectivity index (χ3n) is 2.44. The lowest BCUT2D eigenvalue weighted by molar-refractivity contribution is -0.252. The minimum absolute atomic E-state index is 0.313. The second-order valence-electron chi connectivity index (χ2n) is 3.65. The minimum Gasteiger partial charge on any atom is -0.388 e. The predicted molar refractivity (Wildman–Crippen MR) is 51.0 cm³/mol. The third kappa shape index (κ3) is 2.66. The van der Waals surface area contributed by atoms with Crippen molar-refractivity contribution in [1.82, 2.24) is 5.32 Å². The molecule has 0 aromatic carbocycles. The quantitative estimate of drug-likeness (QED) is 0.532. The van der Waals surface area contributed by atoms with Crippen LogP contribution in [0.5, 0.6) is 0 Å². The van der Waals surface area contributed by atoms with Crippen molar-refractivity contribution in [2.24, 2.45) is 0 Å². The van der Waals surface area contributed by atoms with Crippen LogP contribution in [-0.4, -0.2) is 53.9 Å². The highest BCUT2D eigenvalue weighted by atomic mass is 16.7. The van der Waals surface area contributed by atoms with E-state index in [2.05, 4.69) is 5.32 Å². The lowest BCUT2D eigenvalue weighted by atomic mass is 9.97. The highest BCUT2D eigenvalue weighted by Gasteiger charge is 2.43. The average molecular weight is 219 g/mol. The highest BCUT2D eigenvalue weighted by Crippen LogP contribution is 2.21. The highest BCUT2D eigenvalue weighted by molar-refractivity contribution is 5.73. The van der Waals surface area contributed by atoms with E-state index in [-0.39, 0.29) is 5.91 Å². The van der Waals surface area contributed by atoms with Crippen LogP contribution in [0, 0.1) is 0 Å². The fraction of sp³-hybridized carbons (Fsp3) is 0.889. The summed E-state index contributed by atoms with van der Waals surface area (Å²) in [5.74, 6) is -0.313. The minimum atomic E-state index is -1.09. The maximum atomic E-state index is 10.9. The second-order valence-corrected chi connectivity index (χ2v) is 3.65. The van der Waals surface area contributed by atoms with Gasteiger partial charge in [0.15, 0.2) is 6.29 Å². The van der Waals surface area contributed by atoms with E-state index < -0.39 is 30.6 Å². The summed E-state index contributed by atoms with van der Waals surface area (Å²) in [7, 11) is 1.41. The van der Waals surface area contributed by atoms with Gasteiger partial charge in [0.05, 0.1) is 6.10 Å². The Morgan fingerprint density at radius 3 is 2.47 bits per heavy atom. The molecule has 1 heterocycles. The number of carbonyl (C=O) groups excluding carboxylic acids is 1. The maximum absolute atomic E-state index is 10.9. The van der Waals surface area contributed by atoms with Gasteiger partial charge in [-0.3, -0.25) is 4.79 Å². The standard InChI is InChI=1S/C9H17NO5/c1-4-7(12)8(13)6(10-5(2)11)9(14-3)15-4/h4,6-9,12-13H,1-3H3,(H,10,11)/t4-,6-,7-,8-,9+/m1/s1. The molecule has 1 aliphatic rings. The van der Waals surface area contributed by atoms with Crippen LogP contribution in [0.1, 0.15) is 13.8 Å². The van der Waals surface area contributed by atoms with Gasteiger partial charge < -0.3 is 25.0 Å². The summed E-state index contributed by atoms with van der Waals surface area (Å²) in [5, 5.41) is 21.8. The van der Waals surface area contributed by atoms with Gasteiger partial charge in [-0.25, -0.2) is 0 Å². The number of carbonyl (C=O) groups is 1. The lowest BCUT2D eigenvalue weighted by Gasteiger charge is -2.41. The molecule has 15 heavy (non-hydrogen) atoms. The van der Waals surface area contributed by atoms with Crippen molar-refractivity contribution >= 4 is 5.91 Å². The number of aliphatic hydroxyl groups excluding tert-OH is 2. The molecule has 0 saturated carbocycles. The van der Waals surface area contributed by atoms with Crippen molar-refractivity contribution in [3.8, 4) is 0 Å². The molecule has 1 rings (SSSR count). The molecule has 0 unspecified atom stereocenters. The van der Waals surface area contributed by atoms with Crippen molar-refractivity contribution in [2.45, 2.75) is 44.5 Å². The van der Waals surface area contributed by atoms with Crippen molar-refractivity contribution in [2.75, 3.05) is 7.11 Å². The van der Waals surface area contributed by atoms with Gasteiger partial charge in [-0.15, -0.1) is 0 Å². The summed E-state index contributed by atoms with van der Waals surface area (Å²) in [6.45, 7) is 2.95. The molecule has 88 valence electrons. The van der Waals surface area contributed by atoms with Crippen LogP contribution in [0.25, 0.3) is 0 Å². The molecule has 0 radical (unpaired) electrons. The van der Waals surface area contributed by atoms with E-state index in [1.54, 1.807) is 6.92 Å². The van der Waals surface area contributed by atoms with E-state index in [4.69, 9.17) is 9.47 Å². The molecule has 0 aliphatic carbocycles. The van der Waals surface area contributed by atoms with Crippen LogP contribution in [0.4, 0.5) is 0 Å². The molecular weight excluding hydrogens is 202 g/mol. The summed E-state index contributed by atoms with van der Waals surface area (Å²) < 4.78 is 10.3. The Hall–Kier alpha value is -0.690. The van der Waals surface area contributed by atoms with Crippen LogP contribution in [0.2, 0.25) is 0 Å². The molecule has 0 aromatic rings. The maximum Gasteiger partial charge on any atom is 0.217 e. The van der Waals surface area contributed by atoms with E-state index >= 15 is 0 Å². The van der Waals surface area contributed by atoms with Gasteiger partial charge in [-0.2, -0.15) is 0 Å². The fourth-order valence-corrected chi connectivity index (χ4v) is 1.62. The molecule has 1 amide bonds. The summed E-state index contributed by atoms with van der Waals surface area (Å²) in [4.78, 5) is 10.9. The number of nitrogens with one attached hydrogen (secondary N) is 1. The zero-order chi connectivity index (χ0) is 11.6. The number of methoxy groups -OCH3 is 1. The molecule has 6 heteroatoms. The molecule has 1 fully saturated rings. The van der Waals surface area contributed by atoms with Gasteiger partial charge in [-0.1, -0.05) is 0 Å². The molecule has 0 aromatic heterocycles. The fourth-order valence-electron chi connectivity index (χ4n) is 1.62. The number of amides is 1. The topological polar surface area (TPSA) is 88.0 Å². The van der Waals surface area contributed by atoms with Crippen molar-refractivity contribution in [1.29, 1.82) is 0 Å². The molecule has 0 spiro atoms. The first-order valence-electron chi connectivity index (χ1n) is 4.79. The van der Waals surface area contributed by atoms with Crippen LogP contribution in [0.3, 0.4) is 0 Å². The van der Waals surface area contributed by atoms with E-state index in [1.807, 2.05) is 0 Å². The first-order valence-corrected chi connectivity index (χ1v) is 4.79. The molecule has 1 aliphatic heterocycles. The molecule has 1 saturated heterocycles. The van der Waals surface area contributed by atoms with E-state index in [9.17, 15) is 15.0 Å². The van der Waals surface area contributed by atoms with E-state index in [0.717, 1.165) is 0 Å². The number of hydrogen-bond acceptors (Lipinski definition) is 5. The SMILES string of the molecule is CO[C@H]1O[C@H](C)[C@@H](O)[C@H](O)[C@H]1NC(C)=O. The summed E-state index contributed by atoms with van der Waals surface area (Å²) in [6.07, 6.45) is -3.41. The monoisotopic (exact) mass is 219 g/mol. The number of rotatable bonds is 2. The zero-order valence-corrected chi connectivity index (χ0v) is 9.01. The Labute approximate surface area is 88.2 Å². The largest absolute Gasteiger partial charge is 0.388 e. The molecule has 3 N–H and O–H groups in total. The Bertz CT molecular complexity index is 233. The summed E-state index contributed by atoms with van der Waals surface area (Å²) in [6, 6.07) is -0.751. The molecule has 0 bridgehead atoms. The van der Waals surface area contributed by atoms with Crippen molar-refractivity contribution in [3.63, 3.8) is 0 Å². The predicted octanol–water partition coefficient (Wildman–Crippen LogP) is -1.40.